The summed E-state index contributed by atoms with van der Waals surface area (Å²) in [6, 6.07) is 0. The van der Waals surface area contributed by atoms with E-state index in [4.69, 9.17) is 4.74 Å². The molecule has 1 saturated heterocycles. The minimum atomic E-state index is 0.0376. The van der Waals surface area contributed by atoms with Gasteiger partial charge in [0, 0.05) is 5.92 Å². The van der Waals surface area contributed by atoms with Crippen LogP contribution in [-0.2, 0) is 9.53 Å². The molecule has 0 N–H and O–H groups in total. The van der Waals surface area contributed by atoms with Crippen LogP contribution in [0.5, 0.6) is 0 Å². The molecule has 0 aromatic heterocycles. The van der Waals surface area contributed by atoms with Crippen molar-refractivity contribution >= 4 is 5.97 Å². The van der Waals surface area contributed by atoms with Gasteiger partial charge in [-0.3, -0.25) is 4.79 Å². The van der Waals surface area contributed by atoms with Gasteiger partial charge >= 0.3 is 5.97 Å². The van der Waals surface area contributed by atoms with E-state index in [0.717, 1.165) is 0 Å². The van der Waals surface area contributed by atoms with Crippen LogP contribution in [0.2, 0.25) is 0 Å². The number of carbonyl (C=O) groups excluding carboxylic acids is 1. The van der Waals surface area contributed by atoms with Crippen LogP contribution in [0.4, 0.5) is 0 Å². The number of rotatable bonds is 0. The quantitative estimate of drug-likeness (QED) is 0.470. The number of cyclic esters (lactones) is 1. The highest BCUT2D eigenvalue weighted by Crippen LogP contribution is 2.49. The van der Waals surface area contributed by atoms with E-state index in [0.29, 0.717) is 24.4 Å². The van der Waals surface area contributed by atoms with Gasteiger partial charge in [-0.1, -0.05) is 13.8 Å². The maximum absolute atomic E-state index is 11.0. The number of hydrogen-bond donors (Lipinski definition) is 0. The lowest BCUT2D eigenvalue weighted by atomic mass is 9.60. The van der Waals surface area contributed by atoms with E-state index >= 15 is 0 Å². The second kappa shape index (κ2) is 1.74. The van der Waals surface area contributed by atoms with Crippen LogP contribution in [0, 0.1) is 23.7 Å². The number of carbonyl (C=O) groups is 1. The summed E-state index contributed by atoms with van der Waals surface area (Å²) in [4.78, 5) is 11.0. The molecule has 10 heavy (non-hydrogen) atoms. The van der Waals surface area contributed by atoms with Crippen LogP contribution >= 0.6 is 0 Å². The Bertz CT molecular complexity index is 176. The highest BCUT2D eigenvalue weighted by Gasteiger charge is 2.54. The van der Waals surface area contributed by atoms with Crippen molar-refractivity contribution in [2.45, 2.75) is 13.8 Å². The van der Waals surface area contributed by atoms with Crippen LogP contribution in [0.15, 0.2) is 0 Å². The summed E-state index contributed by atoms with van der Waals surface area (Å²) in [5, 5.41) is 0. The molecule has 0 aromatic rings. The average molecular weight is 140 g/mol. The van der Waals surface area contributed by atoms with E-state index in [9.17, 15) is 4.79 Å². The highest BCUT2D eigenvalue weighted by atomic mass is 16.5. The first kappa shape index (κ1) is 6.20. The average Bonchev–Trinajstić information content (AvgIpc) is 2.27. The van der Waals surface area contributed by atoms with Gasteiger partial charge in [0.05, 0.1) is 12.5 Å². The molecule has 2 nitrogen and oxygen atoms in total. The molecule has 2 fully saturated rings. The molecule has 4 atom stereocenters. The summed E-state index contributed by atoms with van der Waals surface area (Å²) < 4.78 is 4.94. The SMILES string of the molecule is CC1C(C)C2C(=O)OCC12. The molecule has 4 unspecified atom stereocenters. The van der Waals surface area contributed by atoms with Crippen molar-refractivity contribution in [3.05, 3.63) is 0 Å². The van der Waals surface area contributed by atoms with Gasteiger partial charge in [0.25, 0.3) is 0 Å². The zero-order valence-electron chi connectivity index (χ0n) is 6.33. The molecular weight excluding hydrogens is 128 g/mol. The normalized spacial score (nSPS) is 51.6. The lowest BCUT2D eigenvalue weighted by Crippen LogP contribution is -2.44. The standard InChI is InChI=1S/C8H12O2/c1-4-5(2)7-6(4)3-10-8(7)9/h4-7H,3H2,1-2H3. The number of fused-ring (bicyclic) bond motifs is 1. The van der Waals surface area contributed by atoms with Crippen LogP contribution in [0.1, 0.15) is 13.8 Å². The molecule has 2 rings (SSSR count). The Morgan fingerprint density at radius 2 is 2.10 bits per heavy atom. The highest BCUT2D eigenvalue weighted by molar-refractivity contribution is 5.76. The Morgan fingerprint density at radius 1 is 1.40 bits per heavy atom. The van der Waals surface area contributed by atoms with Crippen molar-refractivity contribution in [1.82, 2.24) is 0 Å². The molecule has 0 radical (unpaired) electrons. The van der Waals surface area contributed by atoms with Crippen molar-refractivity contribution in [2.24, 2.45) is 23.7 Å². The van der Waals surface area contributed by atoms with Crippen molar-refractivity contribution < 1.29 is 9.53 Å². The van der Waals surface area contributed by atoms with E-state index in [1.807, 2.05) is 0 Å². The second-order valence-corrected chi connectivity index (χ2v) is 3.54. The van der Waals surface area contributed by atoms with Crippen LogP contribution in [0.25, 0.3) is 0 Å². The molecule has 1 aliphatic carbocycles. The summed E-state index contributed by atoms with van der Waals surface area (Å²) in [7, 11) is 0. The third-order valence-electron chi connectivity index (χ3n) is 3.22. The van der Waals surface area contributed by atoms with Crippen molar-refractivity contribution in [3.63, 3.8) is 0 Å². The van der Waals surface area contributed by atoms with Gasteiger partial charge in [-0.25, -0.2) is 0 Å². The number of hydrogen-bond acceptors (Lipinski definition) is 2. The molecule has 0 amide bonds. The maximum atomic E-state index is 11.0. The molecule has 2 aliphatic rings. The van der Waals surface area contributed by atoms with Gasteiger partial charge in [0.1, 0.15) is 0 Å². The fourth-order valence-corrected chi connectivity index (χ4v) is 2.21. The van der Waals surface area contributed by atoms with E-state index in [2.05, 4.69) is 13.8 Å². The van der Waals surface area contributed by atoms with Crippen LogP contribution < -0.4 is 0 Å². The Kier molecular flexibility index (Phi) is 1.08. The topological polar surface area (TPSA) is 26.3 Å². The van der Waals surface area contributed by atoms with Gasteiger partial charge in [-0.05, 0) is 11.8 Å². The summed E-state index contributed by atoms with van der Waals surface area (Å²) in [5.74, 6) is 2.07. The zero-order chi connectivity index (χ0) is 7.30. The van der Waals surface area contributed by atoms with Crippen molar-refractivity contribution in [3.8, 4) is 0 Å². The molecule has 2 heteroatoms. The fraction of sp³-hybridized carbons (Fsp3) is 0.875. The Morgan fingerprint density at radius 3 is 2.70 bits per heavy atom. The minimum Gasteiger partial charge on any atom is -0.465 e. The first-order valence-corrected chi connectivity index (χ1v) is 3.88. The lowest BCUT2D eigenvalue weighted by molar-refractivity contribution is -0.145. The first-order valence-electron chi connectivity index (χ1n) is 3.88. The van der Waals surface area contributed by atoms with Gasteiger partial charge in [-0.2, -0.15) is 0 Å². The third-order valence-corrected chi connectivity index (χ3v) is 3.22. The summed E-state index contributed by atoms with van der Waals surface area (Å²) in [6.07, 6.45) is 0. The van der Waals surface area contributed by atoms with E-state index in [1.54, 1.807) is 0 Å². The van der Waals surface area contributed by atoms with E-state index in [-0.39, 0.29) is 11.9 Å². The molecule has 1 heterocycles. The Labute approximate surface area is 60.6 Å². The molecule has 1 aliphatic heterocycles. The smallest absolute Gasteiger partial charge is 0.309 e. The molecular formula is C8H12O2. The maximum Gasteiger partial charge on any atom is 0.309 e. The first-order chi connectivity index (χ1) is 4.72. The minimum absolute atomic E-state index is 0.0376. The number of ether oxygens (including phenoxy) is 1. The van der Waals surface area contributed by atoms with E-state index < -0.39 is 0 Å². The molecule has 0 spiro atoms. The largest absolute Gasteiger partial charge is 0.465 e. The molecule has 1 saturated carbocycles. The van der Waals surface area contributed by atoms with Gasteiger partial charge < -0.3 is 4.74 Å². The number of esters is 1. The predicted octanol–water partition coefficient (Wildman–Crippen LogP) is 1.06. The summed E-state index contributed by atoms with van der Waals surface area (Å²) in [5.41, 5.74) is 0. The van der Waals surface area contributed by atoms with Gasteiger partial charge in [0.2, 0.25) is 0 Å². The van der Waals surface area contributed by atoms with Gasteiger partial charge in [0.15, 0.2) is 0 Å². The summed E-state index contributed by atoms with van der Waals surface area (Å²) >= 11 is 0. The molecule has 56 valence electrons. The molecule has 0 aromatic carbocycles. The summed E-state index contributed by atoms with van der Waals surface area (Å²) in [6.45, 7) is 5.02. The van der Waals surface area contributed by atoms with E-state index in [1.165, 1.54) is 0 Å². The zero-order valence-corrected chi connectivity index (χ0v) is 6.33. The Hall–Kier alpha value is -0.530. The van der Waals surface area contributed by atoms with Crippen LogP contribution in [-0.4, -0.2) is 12.6 Å². The van der Waals surface area contributed by atoms with Crippen molar-refractivity contribution in [2.75, 3.05) is 6.61 Å². The third kappa shape index (κ3) is 0.522. The van der Waals surface area contributed by atoms with Crippen LogP contribution in [0.3, 0.4) is 0 Å². The fourth-order valence-electron chi connectivity index (χ4n) is 2.21. The lowest BCUT2D eigenvalue weighted by Gasteiger charge is -2.41. The monoisotopic (exact) mass is 140 g/mol. The predicted molar refractivity (Wildman–Crippen MR) is 36.3 cm³/mol. The van der Waals surface area contributed by atoms with Crippen molar-refractivity contribution in [1.29, 1.82) is 0 Å². The second-order valence-electron chi connectivity index (χ2n) is 3.54. The molecule has 0 bridgehead atoms. The van der Waals surface area contributed by atoms with Gasteiger partial charge in [-0.15, -0.1) is 0 Å². The Balaban J connectivity index is 2.16.